The molecule has 0 aliphatic rings. The summed E-state index contributed by atoms with van der Waals surface area (Å²) in [7, 11) is 0. The van der Waals surface area contributed by atoms with E-state index >= 15 is 0 Å². The summed E-state index contributed by atoms with van der Waals surface area (Å²) in [6.45, 7) is 0. The quantitative estimate of drug-likeness (QED) is 0.644. The lowest BCUT2D eigenvalue weighted by atomic mass is 10.0. The fourth-order valence-electron chi connectivity index (χ4n) is 2.26. The number of aromatic nitrogens is 1. The van der Waals surface area contributed by atoms with Crippen molar-refractivity contribution in [1.82, 2.24) is 4.98 Å². The number of H-pyrrole nitrogens is 1. The predicted octanol–water partition coefficient (Wildman–Crippen LogP) is 4.85. The van der Waals surface area contributed by atoms with Crippen LogP contribution in [-0.2, 0) is 6.18 Å². The minimum Gasteiger partial charge on any atom is -0.350 e. The lowest BCUT2D eigenvalue weighted by Crippen LogP contribution is -2.07. The van der Waals surface area contributed by atoms with Gasteiger partial charge in [-0.2, -0.15) is 13.2 Å². The largest absolute Gasteiger partial charge is 0.431 e. The first-order valence-electron chi connectivity index (χ1n) is 5.80. The van der Waals surface area contributed by atoms with E-state index in [9.17, 15) is 13.2 Å². The van der Waals surface area contributed by atoms with Crippen LogP contribution in [0.2, 0.25) is 0 Å². The zero-order valence-corrected chi connectivity index (χ0v) is 9.83. The zero-order valence-electron chi connectivity index (χ0n) is 9.83. The number of benzene rings is 2. The average Bonchev–Trinajstić information content (AvgIpc) is 2.79. The monoisotopic (exact) mass is 261 g/mol. The van der Waals surface area contributed by atoms with E-state index in [1.807, 2.05) is 0 Å². The van der Waals surface area contributed by atoms with E-state index in [2.05, 4.69) is 4.98 Å². The Labute approximate surface area is 107 Å². The molecule has 0 spiro atoms. The highest BCUT2D eigenvalue weighted by molar-refractivity contribution is 5.97. The molecule has 4 heteroatoms. The van der Waals surface area contributed by atoms with Gasteiger partial charge in [0.15, 0.2) is 0 Å². The molecule has 0 fully saturated rings. The van der Waals surface area contributed by atoms with Crippen LogP contribution in [0.25, 0.3) is 22.0 Å². The van der Waals surface area contributed by atoms with E-state index in [1.54, 1.807) is 54.6 Å². The third-order valence-corrected chi connectivity index (χ3v) is 3.05. The fraction of sp³-hybridized carbons (Fsp3) is 0.0667. The molecule has 0 saturated heterocycles. The highest BCUT2D eigenvalue weighted by atomic mass is 19.4. The van der Waals surface area contributed by atoms with Crippen LogP contribution in [0.5, 0.6) is 0 Å². The topological polar surface area (TPSA) is 15.8 Å². The summed E-state index contributed by atoms with van der Waals surface area (Å²) in [4.78, 5) is 2.48. The summed E-state index contributed by atoms with van der Waals surface area (Å²) < 4.78 is 39.4. The van der Waals surface area contributed by atoms with Crippen LogP contribution in [0.15, 0.2) is 54.6 Å². The molecule has 0 amide bonds. The highest BCUT2D eigenvalue weighted by Crippen LogP contribution is 2.40. The van der Waals surface area contributed by atoms with Crippen molar-refractivity contribution in [3.05, 3.63) is 60.3 Å². The summed E-state index contributed by atoms with van der Waals surface area (Å²) in [5, 5.41) is 0.584. The highest BCUT2D eigenvalue weighted by Gasteiger charge is 2.36. The Morgan fingerprint density at radius 3 is 2.11 bits per heavy atom. The van der Waals surface area contributed by atoms with E-state index in [0.29, 0.717) is 16.5 Å². The van der Waals surface area contributed by atoms with Crippen molar-refractivity contribution >= 4 is 10.9 Å². The van der Waals surface area contributed by atoms with Gasteiger partial charge in [-0.25, -0.2) is 0 Å². The summed E-state index contributed by atoms with van der Waals surface area (Å²) in [5.74, 6) is 0. The summed E-state index contributed by atoms with van der Waals surface area (Å²) in [6, 6.07) is 15.4. The Balaban J connectivity index is 2.38. The maximum atomic E-state index is 13.1. The fourth-order valence-corrected chi connectivity index (χ4v) is 2.26. The van der Waals surface area contributed by atoms with Crippen molar-refractivity contribution in [2.75, 3.05) is 0 Å². The van der Waals surface area contributed by atoms with Crippen molar-refractivity contribution in [2.45, 2.75) is 6.18 Å². The molecule has 0 aliphatic heterocycles. The van der Waals surface area contributed by atoms with Crippen LogP contribution in [0.3, 0.4) is 0 Å². The van der Waals surface area contributed by atoms with E-state index in [4.69, 9.17) is 0 Å². The van der Waals surface area contributed by atoms with Gasteiger partial charge in [-0.1, -0.05) is 48.5 Å². The molecule has 2 aromatic carbocycles. The number of aromatic amines is 1. The second kappa shape index (κ2) is 4.16. The summed E-state index contributed by atoms with van der Waals surface area (Å²) >= 11 is 0. The van der Waals surface area contributed by atoms with Crippen LogP contribution in [0.1, 0.15) is 5.69 Å². The predicted molar refractivity (Wildman–Crippen MR) is 68.7 cm³/mol. The number of hydrogen-bond donors (Lipinski definition) is 1. The molecular formula is C15H10F3N. The normalized spacial score (nSPS) is 11.9. The van der Waals surface area contributed by atoms with E-state index in [-0.39, 0.29) is 5.56 Å². The third-order valence-electron chi connectivity index (χ3n) is 3.05. The average molecular weight is 261 g/mol. The Hall–Kier alpha value is -2.23. The first-order chi connectivity index (χ1) is 9.07. The van der Waals surface area contributed by atoms with Gasteiger partial charge in [-0.3, -0.25) is 0 Å². The number of halogens is 3. The van der Waals surface area contributed by atoms with Gasteiger partial charge >= 0.3 is 6.18 Å². The molecule has 0 bridgehead atoms. The molecule has 0 aliphatic carbocycles. The molecule has 1 N–H and O–H groups in total. The molecule has 96 valence electrons. The van der Waals surface area contributed by atoms with Gasteiger partial charge in [-0.15, -0.1) is 0 Å². The Morgan fingerprint density at radius 1 is 0.789 bits per heavy atom. The molecule has 1 heterocycles. The van der Waals surface area contributed by atoms with Crippen LogP contribution in [0.4, 0.5) is 13.2 Å². The number of hydrogen-bond acceptors (Lipinski definition) is 0. The molecule has 19 heavy (non-hydrogen) atoms. The van der Waals surface area contributed by atoms with Crippen molar-refractivity contribution in [2.24, 2.45) is 0 Å². The van der Waals surface area contributed by atoms with Crippen LogP contribution < -0.4 is 0 Å². The molecule has 3 rings (SSSR count). The minimum absolute atomic E-state index is 0.212. The van der Waals surface area contributed by atoms with Crippen molar-refractivity contribution in [1.29, 1.82) is 0 Å². The third kappa shape index (κ3) is 1.99. The summed E-state index contributed by atoms with van der Waals surface area (Å²) in [6.07, 6.45) is -4.40. The second-order valence-electron chi connectivity index (χ2n) is 4.28. The van der Waals surface area contributed by atoms with Crippen LogP contribution >= 0.6 is 0 Å². The standard InChI is InChI=1S/C15H10F3N/c16-15(17,18)14-13(10-6-2-1-3-7-10)11-8-4-5-9-12(11)19-14/h1-9,19H. The number of para-hydroxylation sites is 1. The lowest BCUT2D eigenvalue weighted by molar-refractivity contribution is -0.140. The number of nitrogens with one attached hydrogen (secondary N) is 1. The maximum Gasteiger partial charge on any atom is 0.431 e. The Bertz CT molecular complexity index is 711. The second-order valence-corrected chi connectivity index (χ2v) is 4.28. The van der Waals surface area contributed by atoms with Crippen molar-refractivity contribution < 1.29 is 13.2 Å². The Kier molecular flexibility index (Phi) is 2.59. The van der Waals surface area contributed by atoms with Gasteiger partial charge in [-0.05, 0) is 11.6 Å². The van der Waals surface area contributed by atoms with Crippen molar-refractivity contribution in [3.8, 4) is 11.1 Å². The minimum atomic E-state index is -4.40. The Morgan fingerprint density at radius 2 is 1.42 bits per heavy atom. The SMILES string of the molecule is FC(F)(F)c1[nH]c2ccccc2c1-c1ccccc1. The molecule has 0 unspecified atom stereocenters. The first kappa shape index (κ1) is 11.8. The van der Waals surface area contributed by atoms with Gasteiger partial charge in [0, 0.05) is 16.5 Å². The van der Waals surface area contributed by atoms with Gasteiger partial charge in [0.1, 0.15) is 5.69 Å². The maximum absolute atomic E-state index is 13.1. The van der Waals surface area contributed by atoms with Gasteiger partial charge in [0.2, 0.25) is 0 Å². The molecule has 0 saturated carbocycles. The zero-order chi connectivity index (χ0) is 13.5. The van der Waals surface area contributed by atoms with E-state index in [0.717, 1.165) is 0 Å². The smallest absolute Gasteiger partial charge is 0.350 e. The molecular weight excluding hydrogens is 251 g/mol. The first-order valence-corrected chi connectivity index (χ1v) is 5.80. The van der Waals surface area contributed by atoms with Gasteiger partial charge in [0.25, 0.3) is 0 Å². The van der Waals surface area contributed by atoms with Gasteiger partial charge < -0.3 is 4.98 Å². The van der Waals surface area contributed by atoms with E-state index in [1.165, 1.54) is 0 Å². The molecule has 0 radical (unpaired) electrons. The molecule has 1 nitrogen and oxygen atoms in total. The number of rotatable bonds is 1. The van der Waals surface area contributed by atoms with E-state index < -0.39 is 11.9 Å². The number of alkyl halides is 3. The van der Waals surface area contributed by atoms with Gasteiger partial charge in [0.05, 0.1) is 0 Å². The molecule has 1 aromatic heterocycles. The van der Waals surface area contributed by atoms with Crippen molar-refractivity contribution in [3.63, 3.8) is 0 Å². The number of fused-ring (bicyclic) bond motifs is 1. The van der Waals surface area contributed by atoms with Crippen LogP contribution in [0, 0.1) is 0 Å². The summed E-state index contributed by atoms with van der Waals surface area (Å²) in [5.41, 5.74) is 0.574. The molecule has 0 atom stereocenters. The molecule has 3 aromatic rings. The van der Waals surface area contributed by atoms with Crippen LogP contribution in [-0.4, -0.2) is 4.98 Å². The lowest BCUT2D eigenvalue weighted by Gasteiger charge is -2.08.